The van der Waals surface area contributed by atoms with E-state index in [2.05, 4.69) is 5.87 Å². The lowest BCUT2D eigenvalue weighted by atomic mass is 10.1. The van der Waals surface area contributed by atoms with Crippen LogP contribution in [0.5, 0.6) is 0 Å². The van der Waals surface area contributed by atoms with Crippen LogP contribution in [0, 0.1) is 0 Å². The zero-order chi connectivity index (χ0) is 14.2. The molecule has 0 aromatic heterocycles. The van der Waals surface area contributed by atoms with Crippen LogP contribution in [0.4, 0.5) is 8.78 Å². The zero-order valence-corrected chi connectivity index (χ0v) is 12.8. The van der Waals surface area contributed by atoms with Crippen molar-refractivity contribution in [1.29, 1.82) is 0 Å². The van der Waals surface area contributed by atoms with Crippen molar-refractivity contribution in [1.82, 2.24) is 0 Å². The molecule has 1 aromatic rings. The van der Waals surface area contributed by atoms with E-state index in [1.807, 2.05) is 20.8 Å². The van der Waals surface area contributed by atoms with Crippen LogP contribution in [0.1, 0.15) is 32.8 Å². The maximum atomic E-state index is 13.3. The molecule has 0 aliphatic heterocycles. The molecule has 1 nitrogen and oxygen atoms in total. The molecule has 1 rings (SSSR count). The number of hydrogen-bond acceptors (Lipinski definition) is 1. The Kier molecular flexibility index (Phi) is 4.24. The van der Waals surface area contributed by atoms with Crippen molar-refractivity contribution in [3.05, 3.63) is 29.8 Å². The van der Waals surface area contributed by atoms with Gasteiger partial charge in [-0.05, 0) is 38.3 Å². The molecule has 0 saturated heterocycles. The second kappa shape index (κ2) is 4.90. The van der Waals surface area contributed by atoms with Gasteiger partial charge in [0.2, 0.25) is 0 Å². The Morgan fingerprint density at radius 1 is 1.39 bits per heavy atom. The first-order valence-corrected chi connectivity index (χ1v) is 7.97. The Morgan fingerprint density at radius 3 is 2.39 bits per heavy atom. The molecular weight excluding hydrogens is 273 g/mol. The minimum Gasteiger partial charge on any atom is -0.263 e. The molecule has 2 unspecified atom stereocenters. The lowest BCUT2D eigenvalue weighted by molar-refractivity contribution is 0.104. The Morgan fingerprint density at radius 2 is 1.94 bits per heavy atom. The van der Waals surface area contributed by atoms with Crippen molar-refractivity contribution < 1.29 is 13.0 Å². The molecule has 0 aliphatic carbocycles. The highest BCUT2D eigenvalue weighted by Crippen LogP contribution is 2.37. The van der Waals surface area contributed by atoms with Crippen LogP contribution < -0.4 is 0 Å². The van der Waals surface area contributed by atoms with E-state index in [4.69, 9.17) is 0 Å². The fourth-order valence-corrected chi connectivity index (χ4v) is 3.36. The molecule has 18 heavy (non-hydrogen) atoms. The second-order valence-electron chi connectivity index (χ2n) is 4.94. The van der Waals surface area contributed by atoms with Crippen LogP contribution >= 0.6 is 9.24 Å². The standard InChI is InChI=1S/C13H19F2OPS/c1-5-12(2,3)18(4,16)11-8-6-7-10(9-11)13(14,15)17/h6-9H,4-5,17H2,1-3H3. The Labute approximate surface area is 110 Å². The second-order valence-corrected chi connectivity index (χ2v) is 8.59. The average molecular weight is 292 g/mol. The highest BCUT2D eigenvalue weighted by atomic mass is 32.2. The van der Waals surface area contributed by atoms with Gasteiger partial charge in [-0.3, -0.25) is 4.21 Å². The molecule has 1 aromatic carbocycles. The van der Waals surface area contributed by atoms with Crippen molar-refractivity contribution in [2.45, 2.75) is 42.5 Å². The Balaban J connectivity index is 3.36. The summed E-state index contributed by atoms with van der Waals surface area (Å²) in [7, 11) is -1.12. The minimum atomic E-state index is -3.01. The first-order chi connectivity index (χ1) is 8.02. The van der Waals surface area contributed by atoms with E-state index < -0.39 is 19.9 Å². The lowest BCUT2D eigenvalue weighted by Crippen LogP contribution is -2.31. The number of hydrogen-bond donors (Lipinski definition) is 0. The van der Waals surface area contributed by atoms with Gasteiger partial charge in [-0.15, -0.1) is 0 Å². The normalized spacial score (nSPS) is 16.3. The number of benzene rings is 1. The predicted octanol–water partition coefficient (Wildman–Crippen LogP) is 3.87. The van der Waals surface area contributed by atoms with Crippen LogP contribution in [0.15, 0.2) is 29.2 Å². The van der Waals surface area contributed by atoms with Crippen molar-refractivity contribution in [3.8, 4) is 0 Å². The molecule has 0 spiro atoms. The molecule has 0 heterocycles. The smallest absolute Gasteiger partial charge is 0.263 e. The molecule has 0 radical (unpaired) electrons. The van der Waals surface area contributed by atoms with Crippen LogP contribution in [0.2, 0.25) is 0 Å². The third-order valence-electron chi connectivity index (χ3n) is 3.34. The van der Waals surface area contributed by atoms with Crippen molar-refractivity contribution in [3.63, 3.8) is 0 Å². The molecule has 5 heteroatoms. The Bertz CT molecular complexity index is 530. The number of alkyl halides is 2. The van der Waals surface area contributed by atoms with E-state index >= 15 is 0 Å². The summed E-state index contributed by atoms with van der Waals surface area (Å²) >= 11 is 0. The summed E-state index contributed by atoms with van der Waals surface area (Å²) in [5, 5.41) is 0. The highest BCUT2D eigenvalue weighted by molar-refractivity contribution is 8.01. The summed E-state index contributed by atoms with van der Waals surface area (Å²) in [6.45, 7) is 5.60. The SMILES string of the molecule is C=S(=O)(c1cccc(C(F)(F)P)c1)C(C)(C)CC. The summed E-state index contributed by atoms with van der Waals surface area (Å²) in [5.41, 5.74) is -3.17. The Hall–Kier alpha value is -0.470. The summed E-state index contributed by atoms with van der Waals surface area (Å²) in [6, 6.07) is 5.72. The van der Waals surface area contributed by atoms with E-state index in [0.29, 0.717) is 11.3 Å². The van der Waals surface area contributed by atoms with Gasteiger partial charge in [0.15, 0.2) is 0 Å². The van der Waals surface area contributed by atoms with Gasteiger partial charge in [-0.25, -0.2) is 0 Å². The largest absolute Gasteiger partial charge is 0.283 e. The first-order valence-electron chi connectivity index (χ1n) is 5.66. The number of rotatable bonds is 4. The predicted molar refractivity (Wildman–Crippen MR) is 77.9 cm³/mol. The van der Waals surface area contributed by atoms with Gasteiger partial charge in [0.05, 0.1) is 0 Å². The molecule has 2 atom stereocenters. The van der Waals surface area contributed by atoms with E-state index in [0.717, 1.165) is 0 Å². The third-order valence-corrected chi connectivity index (χ3v) is 6.77. The average Bonchev–Trinajstić information content (AvgIpc) is 2.28. The van der Waals surface area contributed by atoms with Gasteiger partial charge in [-0.1, -0.05) is 28.3 Å². The van der Waals surface area contributed by atoms with Gasteiger partial charge >= 0.3 is 0 Å². The molecule has 0 N–H and O–H groups in total. The van der Waals surface area contributed by atoms with Crippen LogP contribution in [-0.4, -0.2) is 14.8 Å². The maximum absolute atomic E-state index is 13.3. The quantitative estimate of drug-likeness (QED) is 0.608. The molecule has 0 fully saturated rings. The van der Waals surface area contributed by atoms with Crippen LogP contribution in [0.25, 0.3) is 0 Å². The lowest BCUT2D eigenvalue weighted by Gasteiger charge is -2.28. The molecule has 0 saturated carbocycles. The number of halogens is 2. The fraction of sp³-hybridized carbons (Fsp3) is 0.462. The molecule has 102 valence electrons. The van der Waals surface area contributed by atoms with Crippen LogP contribution in [-0.2, 0) is 15.2 Å². The van der Waals surface area contributed by atoms with Gasteiger partial charge in [0, 0.05) is 24.7 Å². The van der Waals surface area contributed by atoms with E-state index in [1.54, 1.807) is 6.07 Å². The highest BCUT2D eigenvalue weighted by Gasteiger charge is 2.30. The van der Waals surface area contributed by atoms with Crippen LogP contribution in [0.3, 0.4) is 0 Å². The van der Waals surface area contributed by atoms with Gasteiger partial charge < -0.3 is 0 Å². The third kappa shape index (κ3) is 2.92. The molecular formula is C13H19F2OPS. The van der Waals surface area contributed by atoms with E-state index in [9.17, 15) is 13.0 Å². The fourth-order valence-electron chi connectivity index (χ4n) is 1.46. The van der Waals surface area contributed by atoms with Crippen molar-refractivity contribution >= 4 is 24.6 Å². The first kappa shape index (κ1) is 15.6. The van der Waals surface area contributed by atoms with Gasteiger partial charge in [0.25, 0.3) is 5.66 Å². The summed E-state index contributed by atoms with van der Waals surface area (Å²) in [4.78, 5) is 0.383. The van der Waals surface area contributed by atoms with E-state index in [1.165, 1.54) is 27.4 Å². The summed E-state index contributed by atoms with van der Waals surface area (Å²) in [6.07, 6.45) is 0.664. The summed E-state index contributed by atoms with van der Waals surface area (Å²) in [5.74, 6) is 3.78. The zero-order valence-electron chi connectivity index (χ0n) is 10.9. The van der Waals surface area contributed by atoms with Gasteiger partial charge in [0.1, 0.15) is 0 Å². The van der Waals surface area contributed by atoms with Crippen molar-refractivity contribution in [2.24, 2.45) is 0 Å². The van der Waals surface area contributed by atoms with Crippen molar-refractivity contribution in [2.75, 3.05) is 0 Å². The summed E-state index contributed by atoms with van der Waals surface area (Å²) < 4.78 is 38.7. The van der Waals surface area contributed by atoms with E-state index in [-0.39, 0.29) is 5.56 Å². The maximum Gasteiger partial charge on any atom is 0.283 e. The molecule has 0 bridgehead atoms. The molecule has 0 amide bonds. The van der Waals surface area contributed by atoms with Gasteiger partial charge in [-0.2, -0.15) is 8.78 Å². The topological polar surface area (TPSA) is 17.1 Å². The minimum absolute atomic E-state index is 0.159. The monoisotopic (exact) mass is 292 g/mol. The molecule has 0 aliphatic rings.